The summed E-state index contributed by atoms with van der Waals surface area (Å²) in [6, 6.07) is 10.5. The Balaban J connectivity index is 1.99. The van der Waals surface area contributed by atoms with Gasteiger partial charge in [-0.15, -0.1) is 0 Å². The first kappa shape index (κ1) is 11.7. The number of rotatable bonds is 7. The van der Waals surface area contributed by atoms with E-state index in [1.165, 1.54) is 12.0 Å². The summed E-state index contributed by atoms with van der Waals surface area (Å²) in [5.41, 5.74) is 1.35. The summed E-state index contributed by atoms with van der Waals surface area (Å²) in [6.07, 6.45) is 3.38. The van der Waals surface area contributed by atoms with Gasteiger partial charge in [-0.3, -0.25) is 0 Å². The summed E-state index contributed by atoms with van der Waals surface area (Å²) in [7, 11) is 0. The molecule has 2 heteroatoms. The zero-order valence-corrected chi connectivity index (χ0v) is 10.0. The van der Waals surface area contributed by atoms with Gasteiger partial charge in [-0.25, -0.2) is 0 Å². The third-order valence-electron chi connectivity index (χ3n) is 2.05. The second kappa shape index (κ2) is 8.01. The average Bonchev–Trinajstić information content (AvgIpc) is 2.25. The molecule has 0 radical (unpaired) electrons. The summed E-state index contributed by atoms with van der Waals surface area (Å²) < 4.78 is 5.52. The third kappa shape index (κ3) is 5.40. The van der Waals surface area contributed by atoms with Crippen LogP contribution in [0.2, 0.25) is 0 Å². The van der Waals surface area contributed by atoms with Gasteiger partial charge in [0.05, 0.1) is 6.61 Å². The van der Waals surface area contributed by atoms with Crippen molar-refractivity contribution >= 4 is 15.9 Å². The number of unbranched alkanes of at least 4 members (excludes halogenated alkanes) is 1. The molecule has 0 atom stereocenters. The van der Waals surface area contributed by atoms with Gasteiger partial charge < -0.3 is 4.74 Å². The van der Waals surface area contributed by atoms with E-state index >= 15 is 0 Å². The van der Waals surface area contributed by atoms with Crippen LogP contribution in [0.5, 0.6) is 0 Å². The average molecular weight is 257 g/mol. The highest BCUT2D eigenvalue weighted by molar-refractivity contribution is 9.09. The fraction of sp³-hybridized carbons (Fsp3) is 0.500. The predicted molar refractivity (Wildman–Crippen MR) is 64.0 cm³/mol. The van der Waals surface area contributed by atoms with Crippen molar-refractivity contribution in [3.63, 3.8) is 0 Å². The van der Waals surface area contributed by atoms with Crippen LogP contribution < -0.4 is 0 Å². The smallest absolute Gasteiger partial charge is 0.0506 e. The quantitative estimate of drug-likeness (QED) is 0.537. The van der Waals surface area contributed by atoms with Crippen LogP contribution in [0.4, 0.5) is 0 Å². The molecule has 14 heavy (non-hydrogen) atoms. The molecule has 0 N–H and O–H groups in total. The van der Waals surface area contributed by atoms with Crippen LogP contribution in [0.15, 0.2) is 30.3 Å². The van der Waals surface area contributed by atoms with Gasteiger partial charge in [0.25, 0.3) is 0 Å². The van der Waals surface area contributed by atoms with E-state index in [-0.39, 0.29) is 0 Å². The second-order valence-corrected chi connectivity index (χ2v) is 4.04. The summed E-state index contributed by atoms with van der Waals surface area (Å²) in [6.45, 7) is 1.73. The standard InChI is InChI=1S/C12H17BrO/c13-9-4-5-10-14-11-8-12-6-2-1-3-7-12/h1-3,6-7H,4-5,8-11H2. The summed E-state index contributed by atoms with van der Waals surface area (Å²) in [4.78, 5) is 0. The number of hydrogen-bond donors (Lipinski definition) is 0. The Labute approximate surface area is 94.6 Å². The van der Waals surface area contributed by atoms with Gasteiger partial charge in [0, 0.05) is 11.9 Å². The number of hydrogen-bond acceptors (Lipinski definition) is 1. The lowest BCUT2D eigenvalue weighted by molar-refractivity contribution is 0.134. The van der Waals surface area contributed by atoms with Crippen molar-refractivity contribution < 1.29 is 4.74 Å². The minimum absolute atomic E-state index is 0.840. The lowest BCUT2D eigenvalue weighted by Gasteiger charge is -2.03. The normalized spacial score (nSPS) is 10.4. The first-order chi connectivity index (χ1) is 6.93. The van der Waals surface area contributed by atoms with E-state index in [1.54, 1.807) is 0 Å². The maximum absolute atomic E-state index is 5.52. The molecular formula is C12H17BrO. The molecule has 0 heterocycles. The molecule has 0 aliphatic rings. The molecule has 1 aromatic carbocycles. The Morgan fingerprint density at radius 2 is 1.79 bits per heavy atom. The molecule has 0 unspecified atom stereocenters. The summed E-state index contributed by atoms with van der Waals surface area (Å²) >= 11 is 3.40. The molecule has 0 saturated heterocycles. The van der Waals surface area contributed by atoms with Gasteiger partial charge in [0.2, 0.25) is 0 Å². The molecule has 0 aromatic heterocycles. The molecule has 0 fully saturated rings. The molecule has 78 valence electrons. The molecule has 1 aromatic rings. The maximum Gasteiger partial charge on any atom is 0.0506 e. The van der Waals surface area contributed by atoms with Crippen molar-refractivity contribution in [1.29, 1.82) is 0 Å². The molecular weight excluding hydrogens is 240 g/mol. The van der Waals surface area contributed by atoms with Crippen molar-refractivity contribution in [2.45, 2.75) is 19.3 Å². The highest BCUT2D eigenvalue weighted by Gasteiger charge is 1.92. The zero-order valence-electron chi connectivity index (χ0n) is 8.42. The highest BCUT2D eigenvalue weighted by atomic mass is 79.9. The van der Waals surface area contributed by atoms with Gasteiger partial charge in [0.1, 0.15) is 0 Å². The Kier molecular flexibility index (Phi) is 6.71. The lowest BCUT2D eigenvalue weighted by Crippen LogP contribution is -2.00. The van der Waals surface area contributed by atoms with Crippen LogP contribution in [-0.4, -0.2) is 18.5 Å². The molecule has 1 rings (SSSR count). The Bertz CT molecular complexity index is 223. The summed E-state index contributed by atoms with van der Waals surface area (Å²) in [5, 5.41) is 1.08. The van der Waals surface area contributed by atoms with Gasteiger partial charge in [-0.2, -0.15) is 0 Å². The number of benzene rings is 1. The predicted octanol–water partition coefficient (Wildman–Crippen LogP) is 3.42. The van der Waals surface area contributed by atoms with Gasteiger partial charge in [0.15, 0.2) is 0 Å². The highest BCUT2D eigenvalue weighted by Crippen LogP contribution is 2.00. The van der Waals surface area contributed by atoms with E-state index in [4.69, 9.17) is 4.74 Å². The zero-order chi connectivity index (χ0) is 10.1. The largest absolute Gasteiger partial charge is 0.381 e. The molecule has 0 bridgehead atoms. The minimum atomic E-state index is 0.840. The molecule has 0 aliphatic heterocycles. The van der Waals surface area contributed by atoms with E-state index in [0.717, 1.165) is 31.4 Å². The topological polar surface area (TPSA) is 9.23 Å². The van der Waals surface area contributed by atoms with Gasteiger partial charge >= 0.3 is 0 Å². The van der Waals surface area contributed by atoms with E-state index in [2.05, 4.69) is 40.2 Å². The van der Waals surface area contributed by atoms with E-state index < -0.39 is 0 Å². The van der Waals surface area contributed by atoms with E-state index in [0.29, 0.717) is 0 Å². The Hall–Kier alpha value is -0.340. The Morgan fingerprint density at radius 3 is 2.50 bits per heavy atom. The van der Waals surface area contributed by atoms with Crippen LogP contribution in [-0.2, 0) is 11.2 Å². The molecule has 0 spiro atoms. The second-order valence-electron chi connectivity index (χ2n) is 3.24. The van der Waals surface area contributed by atoms with Crippen molar-refractivity contribution in [3.8, 4) is 0 Å². The van der Waals surface area contributed by atoms with Gasteiger partial charge in [-0.1, -0.05) is 46.3 Å². The van der Waals surface area contributed by atoms with E-state index in [9.17, 15) is 0 Å². The van der Waals surface area contributed by atoms with Crippen LogP contribution in [0.25, 0.3) is 0 Å². The fourth-order valence-electron chi connectivity index (χ4n) is 1.24. The van der Waals surface area contributed by atoms with Crippen LogP contribution in [0, 0.1) is 0 Å². The number of alkyl halides is 1. The summed E-state index contributed by atoms with van der Waals surface area (Å²) in [5.74, 6) is 0. The fourth-order valence-corrected chi connectivity index (χ4v) is 1.63. The van der Waals surface area contributed by atoms with Crippen molar-refractivity contribution in [3.05, 3.63) is 35.9 Å². The van der Waals surface area contributed by atoms with Gasteiger partial charge in [-0.05, 0) is 24.8 Å². The first-order valence-electron chi connectivity index (χ1n) is 5.11. The number of ether oxygens (including phenoxy) is 1. The van der Waals surface area contributed by atoms with Crippen LogP contribution >= 0.6 is 15.9 Å². The van der Waals surface area contributed by atoms with Crippen LogP contribution in [0.1, 0.15) is 18.4 Å². The van der Waals surface area contributed by atoms with Crippen molar-refractivity contribution in [1.82, 2.24) is 0 Å². The molecule has 0 amide bonds. The maximum atomic E-state index is 5.52. The van der Waals surface area contributed by atoms with Crippen molar-refractivity contribution in [2.24, 2.45) is 0 Å². The third-order valence-corrected chi connectivity index (χ3v) is 2.61. The Morgan fingerprint density at radius 1 is 1.00 bits per heavy atom. The molecule has 0 aliphatic carbocycles. The monoisotopic (exact) mass is 256 g/mol. The molecule has 0 saturated carbocycles. The van der Waals surface area contributed by atoms with Crippen molar-refractivity contribution in [2.75, 3.05) is 18.5 Å². The minimum Gasteiger partial charge on any atom is -0.381 e. The number of halogens is 1. The molecule has 1 nitrogen and oxygen atoms in total. The first-order valence-corrected chi connectivity index (χ1v) is 6.23. The van der Waals surface area contributed by atoms with Crippen LogP contribution in [0.3, 0.4) is 0 Å². The lowest BCUT2D eigenvalue weighted by atomic mass is 10.2. The SMILES string of the molecule is BrCCCCOCCc1ccccc1. The van der Waals surface area contributed by atoms with E-state index in [1.807, 2.05) is 6.07 Å².